The van der Waals surface area contributed by atoms with Crippen LogP contribution in [0.15, 0.2) is 0 Å². The van der Waals surface area contributed by atoms with Crippen LogP contribution in [0.2, 0.25) is 0 Å². The normalized spacial score (nSPS) is 19.6. The number of hydrogen-bond acceptors (Lipinski definition) is 4. The monoisotopic (exact) mass is 549 g/mol. The highest BCUT2D eigenvalue weighted by Gasteiger charge is 1.97. The van der Waals surface area contributed by atoms with E-state index in [1.54, 1.807) is 0 Å². The van der Waals surface area contributed by atoms with Gasteiger partial charge >= 0.3 is 0 Å². The Morgan fingerprint density at radius 2 is 0.158 bits per heavy atom. The molecule has 0 aliphatic heterocycles. The Hall–Kier alpha value is -0.160. The Balaban J connectivity index is -0.000000656. The number of aliphatic hydroxyl groups is 4. The van der Waals surface area contributed by atoms with Crippen molar-refractivity contribution in [1.29, 1.82) is 0 Å². The molecule has 1 saturated carbocycles. The molecule has 236 valence electrons. The predicted octanol–water partition coefficient (Wildman–Crippen LogP) is 10.1. The summed E-state index contributed by atoms with van der Waals surface area (Å²) in [6, 6.07) is 0. The van der Waals surface area contributed by atoms with Crippen molar-refractivity contribution >= 4 is 0 Å². The van der Waals surface area contributed by atoms with Crippen LogP contribution in [0.4, 0.5) is 0 Å². The van der Waals surface area contributed by atoms with Crippen LogP contribution < -0.4 is 0 Å². The fourth-order valence-corrected chi connectivity index (χ4v) is 5.30. The summed E-state index contributed by atoms with van der Waals surface area (Å²) in [5, 5.41) is 28.0. The molecule has 0 atom stereocenters. The molecule has 0 aromatic carbocycles. The zero-order valence-corrected chi connectivity index (χ0v) is 27.0. The van der Waals surface area contributed by atoms with Crippen LogP contribution >= 0.6 is 0 Å². The SMILES string of the molecule is C1CCCCCCCCCCCCCCCCCCCCCCCCCCCCC1.CO.CO.CO.CO. The molecule has 4 nitrogen and oxygen atoms in total. The zero-order valence-electron chi connectivity index (χ0n) is 27.0. The van der Waals surface area contributed by atoms with Gasteiger partial charge in [0.2, 0.25) is 0 Å². The molecule has 1 fully saturated rings. The van der Waals surface area contributed by atoms with E-state index in [2.05, 4.69) is 0 Å². The van der Waals surface area contributed by atoms with E-state index >= 15 is 0 Å². The van der Waals surface area contributed by atoms with Gasteiger partial charge in [-0.15, -0.1) is 0 Å². The highest BCUT2D eigenvalue weighted by molar-refractivity contribution is 4.53. The second-order valence-corrected chi connectivity index (χ2v) is 10.6. The standard InChI is InChI=1S/C30H60.4CH4O/c1-2-4-6-8-10-12-14-16-18-20-22-24-26-28-30-29-27-25-23-21-19-17-15-13-11-9-7-5-3-1;4*1-2/h1-30H2;4*2H,1H3. The Labute approximate surface area is 241 Å². The lowest BCUT2D eigenvalue weighted by atomic mass is 10.0. The van der Waals surface area contributed by atoms with Crippen LogP contribution in [0.5, 0.6) is 0 Å². The third kappa shape index (κ3) is 48.9. The maximum atomic E-state index is 7.00. The molecule has 0 amide bonds. The molecule has 38 heavy (non-hydrogen) atoms. The minimum Gasteiger partial charge on any atom is -0.400 e. The second-order valence-electron chi connectivity index (χ2n) is 10.6. The quantitative estimate of drug-likeness (QED) is 0.243. The van der Waals surface area contributed by atoms with E-state index in [4.69, 9.17) is 20.4 Å². The Bertz CT molecular complexity index is 166. The van der Waals surface area contributed by atoms with Gasteiger partial charge in [-0.1, -0.05) is 193 Å². The average molecular weight is 549 g/mol. The highest BCUT2D eigenvalue weighted by Crippen LogP contribution is 2.17. The third-order valence-electron chi connectivity index (χ3n) is 7.50. The second kappa shape index (κ2) is 53.1. The summed E-state index contributed by atoms with van der Waals surface area (Å²) in [7, 11) is 4.00. The van der Waals surface area contributed by atoms with Crippen molar-refractivity contribution in [2.75, 3.05) is 28.4 Å². The lowest BCUT2D eigenvalue weighted by Gasteiger charge is -2.05. The molecule has 0 heterocycles. The first-order chi connectivity index (χ1) is 19.0. The minimum atomic E-state index is 1.00. The summed E-state index contributed by atoms with van der Waals surface area (Å²) in [5.41, 5.74) is 0. The Morgan fingerprint density at radius 3 is 0.184 bits per heavy atom. The van der Waals surface area contributed by atoms with Gasteiger partial charge in [-0.25, -0.2) is 0 Å². The van der Waals surface area contributed by atoms with E-state index in [0.29, 0.717) is 0 Å². The first-order valence-corrected chi connectivity index (χ1v) is 16.8. The molecule has 0 spiro atoms. The van der Waals surface area contributed by atoms with E-state index in [9.17, 15) is 0 Å². The van der Waals surface area contributed by atoms with Crippen molar-refractivity contribution in [3.63, 3.8) is 0 Å². The molecule has 1 aliphatic rings. The summed E-state index contributed by atoms with van der Waals surface area (Å²) in [5.74, 6) is 0. The van der Waals surface area contributed by atoms with Crippen LogP contribution in [0.1, 0.15) is 193 Å². The van der Waals surface area contributed by atoms with Crippen LogP contribution in [0, 0.1) is 0 Å². The lowest BCUT2D eigenvalue weighted by molar-refractivity contribution is 0.399. The molecular weight excluding hydrogens is 472 g/mol. The molecule has 1 rings (SSSR count). The van der Waals surface area contributed by atoms with Gasteiger partial charge in [0.15, 0.2) is 0 Å². The van der Waals surface area contributed by atoms with Gasteiger partial charge in [-0.3, -0.25) is 0 Å². The largest absolute Gasteiger partial charge is 0.400 e. The zero-order chi connectivity index (χ0) is 29.2. The molecule has 0 bridgehead atoms. The van der Waals surface area contributed by atoms with Gasteiger partial charge in [-0.05, 0) is 0 Å². The van der Waals surface area contributed by atoms with E-state index in [1.807, 2.05) is 0 Å². The Morgan fingerprint density at radius 1 is 0.132 bits per heavy atom. The summed E-state index contributed by atoms with van der Waals surface area (Å²) >= 11 is 0. The Kier molecular flexibility index (Phi) is 62.7. The van der Waals surface area contributed by atoms with E-state index in [-0.39, 0.29) is 0 Å². The van der Waals surface area contributed by atoms with Crippen LogP contribution in [-0.4, -0.2) is 48.9 Å². The third-order valence-corrected chi connectivity index (χ3v) is 7.50. The van der Waals surface area contributed by atoms with Gasteiger partial charge < -0.3 is 20.4 Å². The van der Waals surface area contributed by atoms with Gasteiger partial charge in [0.25, 0.3) is 0 Å². The number of rotatable bonds is 0. The van der Waals surface area contributed by atoms with E-state index in [0.717, 1.165) is 28.4 Å². The number of aliphatic hydroxyl groups excluding tert-OH is 4. The van der Waals surface area contributed by atoms with Crippen LogP contribution in [-0.2, 0) is 0 Å². The fraction of sp³-hybridized carbons (Fsp3) is 1.00. The summed E-state index contributed by atoms with van der Waals surface area (Å²) in [6.45, 7) is 0. The minimum absolute atomic E-state index is 1.00. The van der Waals surface area contributed by atoms with E-state index < -0.39 is 0 Å². The van der Waals surface area contributed by atoms with Gasteiger partial charge in [0.1, 0.15) is 0 Å². The molecule has 4 N–H and O–H groups in total. The van der Waals surface area contributed by atoms with Crippen molar-refractivity contribution in [2.24, 2.45) is 0 Å². The van der Waals surface area contributed by atoms with Gasteiger partial charge in [-0.2, -0.15) is 0 Å². The molecule has 0 aromatic heterocycles. The maximum absolute atomic E-state index is 7.00. The van der Waals surface area contributed by atoms with E-state index in [1.165, 1.54) is 193 Å². The van der Waals surface area contributed by atoms with Crippen molar-refractivity contribution in [1.82, 2.24) is 0 Å². The maximum Gasteiger partial charge on any atom is 0.0319 e. The van der Waals surface area contributed by atoms with Crippen molar-refractivity contribution in [3.8, 4) is 0 Å². The summed E-state index contributed by atoms with van der Waals surface area (Å²) < 4.78 is 0. The lowest BCUT2D eigenvalue weighted by Crippen LogP contribution is -1.85. The molecule has 1 aliphatic carbocycles. The first-order valence-electron chi connectivity index (χ1n) is 16.8. The summed E-state index contributed by atoms with van der Waals surface area (Å²) in [4.78, 5) is 0. The van der Waals surface area contributed by atoms with Crippen molar-refractivity contribution in [2.45, 2.75) is 193 Å². The topological polar surface area (TPSA) is 80.9 Å². The van der Waals surface area contributed by atoms with Crippen LogP contribution in [0.3, 0.4) is 0 Å². The van der Waals surface area contributed by atoms with Crippen LogP contribution in [0.25, 0.3) is 0 Å². The molecule has 0 unspecified atom stereocenters. The molecular formula is C34H76O4. The van der Waals surface area contributed by atoms with Crippen molar-refractivity contribution in [3.05, 3.63) is 0 Å². The van der Waals surface area contributed by atoms with Gasteiger partial charge in [0.05, 0.1) is 0 Å². The molecule has 4 heteroatoms. The first kappa shape index (κ1) is 44.8. The highest BCUT2D eigenvalue weighted by atomic mass is 16.2. The molecule has 0 aromatic rings. The molecule has 0 saturated heterocycles. The van der Waals surface area contributed by atoms with Gasteiger partial charge in [0, 0.05) is 28.4 Å². The molecule has 0 radical (unpaired) electrons. The van der Waals surface area contributed by atoms with Crippen molar-refractivity contribution < 1.29 is 20.4 Å². The predicted molar refractivity (Wildman–Crippen MR) is 171 cm³/mol. The fourth-order valence-electron chi connectivity index (χ4n) is 5.30. The number of hydrogen-bond donors (Lipinski definition) is 4. The summed E-state index contributed by atoms with van der Waals surface area (Å²) in [6.07, 6.45) is 45.0. The average Bonchev–Trinajstić information content (AvgIpc) is 2.99. The smallest absolute Gasteiger partial charge is 0.0319 e.